The minimum absolute atomic E-state index is 0.133. The van der Waals surface area contributed by atoms with Gasteiger partial charge in [-0.3, -0.25) is 9.69 Å². The number of rotatable bonds is 10. The first-order valence-corrected chi connectivity index (χ1v) is 13.4. The summed E-state index contributed by atoms with van der Waals surface area (Å²) in [5, 5.41) is 4.15. The molecular weight excluding hydrogens is 452 g/mol. The molecule has 1 amide bonds. The highest BCUT2D eigenvalue weighted by Gasteiger charge is 2.20. The van der Waals surface area contributed by atoms with E-state index < -0.39 is 0 Å². The first kappa shape index (κ1) is 23.9. The maximum Gasteiger partial charge on any atom is 0.220 e. The van der Waals surface area contributed by atoms with E-state index in [0.29, 0.717) is 19.6 Å². The lowest BCUT2D eigenvalue weighted by molar-refractivity contribution is -0.120. The molecule has 3 aromatic rings. The number of amides is 1. The maximum absolute atomic E-state index is 12.1. The molecule has 1 aliphatic rings. The number of carbonyl (C=O) groups excluding carboxylic acids is 1. The minimum atomic E-state index is 0.133. The molecule has 1 fully saturated rings. The van der Waals surface area contributed by atoms with Crippen LogP contribution < -0.4 is 15.0 Å². The van der Waals surface area contributed by atoms with Crippen molar-refractivity contribution in [3.63, 3.8) is 0 Å². The van der Waals surface area contributed by atoms with Crippen molar-refractivity contribution in [1.82, 2.24) is 15.2 Å². The van der Waals surface area contributed by atoms with Crippen molar-refractivity contribution in [2.24, 2.45) is 0 Å². The molecule has 1 saturated heterocycles. The van der Waals surface area contributed by atoms with E-state index in [0.717, 1.165) is 54.9 Å². The van der Waals surface area contributed by atoms with Crippen molar-refractivity contribution < 1.29 is 9.53 Å². The van der Waals surface area contributed by atoms with Gasteiger partial charge in [-0.15, -0.1) is 11.8 Å². The van der Waals surface area contributed by atoms with Gasteiger partial charge in [0.15, 0.2) is 5.13 Å². The summed E-state index contributed by atoms with van der Waals surface area (Å²) in [6, 6.07) is 14.6. The largest absolute Gasteiger partial charge is 0.494 e. The van der Waals surface area contributed by atoms with Crippen LogP contribution in [0.25, 0.3) is 10.2 Å². The monoisotopic (exact) mass is 484 g/mol. The number of thioether (sulfide) groups is 1. The van der Waals surface area contributed by atoms with Crippen LogP contribution in [0.2, 0.25) is 0 Å². The van der Waals surface area contributed by atoms with Gasteiger partial charge in [-0.25, -0.2) is 4.98 Å². The minimum Gasteiger partial charge on any atom is -0.494 e. The van der Waals surface area contributed by atoms with Crippen LogP contribution in [0.5, 0.6) is 5.75 Å². The number of thiazole rings is 1. The molecule has 1 N–H and O–H groups in total. The van der Waals surface area contributed by atoms with Gasteiger partial charge >= 0.3 is 0 Å². The summed E-state index contributed by atoms with van der Waals surface area (Å²) in [6.07, 6.45) is 0.551. The number of ether oxygens (including phenoxy) is 1. The number of carbonyl (C=O) groups is 1. The van der Waals surface area contributed by atoms with Gasteiger partial charge in [-0.05, 0) is 44.2 Å². The van der Waals surface area contributed by atoms with E-state index in [1.807, 2.05) is 19.1 Å². The molecule has 0 aliphatic carbocycles. The maximum atomic E-state index is 12.1. The summed E-state index contributed by atoms with van der Waals surface area (Å²) >= 11 is 3.46. The second-order valence-corrected chi connectivity index (χ2v) is 10.3. The molecule has 0 bridgehead atoms. The summed E-state index contributed by atoms with van der Waals surface area (Å²) in [4.78, 5) is 23.0. The van der Waals surface area contributed by atoms with E-state index in [2.05, 4.69) is 52.4 Å². The lowest BCUT2D eigenvalue weighted by atomic mass is 10.2. The fourth-order valence-electron chi connectivity index (χ4n) is 3.79. The van der Waals surface area contributed by atoms with Crippen molar-refractivity contribution in [2.45, 2.75) is 25.2 Å². The molecule has 2 aromatic carbocycles. The van der Waals surface area contributed by atoms with Crippen LogP contribution in [0.1, 0.15) is 18.9 Å². The molecule has 0 spiro atoms. The molecule has 176 valence electrons. The first-order valence-electron chi connectivity index (χ1n) is 11.6. The van der Waals surface area contributed by atoms with Gasteiger partial charge in [0.25, 0.3) is 0 Å². The van der Waals surface area contributed by atoms with Gasteiger partial charge in [-0.2, -0.15) is 0 Å². The Hall–Kier alpha value is -2.29. The Bertz CT molecular complexity index is 1050. The van der Waals surface area contributed by atoms with Crippen LogP contribution in [0.15, 0.2) is 47.4 Å². The molecule has 0 saturated carbocycles. The molecule has 6 nitrogen and oxygen atoms in total. The van der Waals surface area contributed by atoms with E-state index in [1.165, 1.54) is 15.2 Å². The SMILES string of the molecule is CCOc1ccc2nc(N3CCN(CCNC(=O)CCSc4ccc(C)cc4)CC3)sc2c1. The molecule has 0 atom stereocenters. The van der Waals surface area contributed by atoms with Crippen molar-refractivity contribution in [2.75, 3.05) is 56.5 Å². The van der Waals surface area contributed by atoms with E-state index in [9.17, 15) is 4.79 Å². The van der Waals surface area contributed by atoms with Gasteiger partial charge in [0.05, 0.1) is 16.8 Å². The third kappa shape index (κ3) is 6.85. The fraction of sp³-hybridized carbons (Fsp3) is 0.440. The first-order chi connectivity index (χ1) is 16.1. The number of aromatic nitrogens is 1. The highest BCUT2D eigenvalue weighted by atomic mass is 32.2. The zero-order chi connectivity index (χ0) is 23.0. The smallest absolute Gasteiger partial charge is 0.220 e. The van der Waals surface area contributed by atoms with Crippen LogP contribution in [0.4, 0.5) is 5.13 Å². The third-order valence-electron chi connectivity index (χ3n) is 5.67. The molecule has 1 aromatic heterocycles. The number of aryl methyl sites for hydroxylation is 1. The predicted molar refractivity (Wildman–Crippen MR) is 139 cm³/mol. The number of hydrogen-bond donors (Lipinski definition) is 1. The van der Waals surface area contributed by atoms with Crippen molar-refractivity contribution in [3.05, 3.63) is 48.0 Å². The lowest BCUT2D eigenvalue weighted by Crippen LogP contribution is -2.48. The second kappa shape index (κ2) is 11.7. The van der Waals surface area contributed by atoms with Gasteiger partial charge in [0.1, 0.15) is 5.75 Å². The lowest BCUT2D eigenvalue weighted by Gasteiger charge is -2.34. The van der Waals surface area contributed by atoms with Gasteiger partial charge in [-0.1, -0.05) is 29.0 Å². The Morgan fingerprint density at radius 3 is 2.70 bits per heavy atom. The molecular formula is C25H32N4O2S2. The third-order valence-corrected chi connectivity index (χ3v) is 7.76. The number of benzene rings is 2. The quantitative estimate of drug-likeness (QED) is 0.430. The number of anilines is 1. The standard InChI is InChI=1S/C25H32N4O2S2/c1-3-31-20-6-9-22-23(18-20)33-25(27-22)29-15-13-28(14-16-29)12-11-26-24(30)10-17-32-21-7-4-19(2)5-8-21/h4-9,18H,3,10-17H2,1-2H3,(H,26,30). The zero-order valence-corrected chi connectivity index (χ0v) is 21.0. The summed E-state index contributed by atoms with van der Waals surface area (Å²) < 4.78 is 6.78. The molecule has 4 rings (SSSR count). The summed E-state index contributed by atoms with van der Waals surface area (Å²) in [5.41, 5.74) is 2.29. The topological polar surface area (TPSA) is 57.7 Å². The van der Waals surface area contributed by atoms with Crippen LogP contribution in [0.3, 0.4) is 0 Å². The molecule has 2 heterocycles. The van der Waals surface area contributed by atoms with E-state index in [4.69, 9.17) is 9.72 Å². The van der Waals surface area contributed by atoms with Crippen molar-refractivity contribution in [1.29, 1.82) is 0 Å². The Kier molecular flexibility index (Phi) is 8.47. The number of hydrogen-bond acceptors (Lipinski definition) is 7. The normalized spacial score (nSPS) is 14.5. The van der Waals surface area contributed by atoms with E-state index >= 15 is 0 Å². The van der Waals surface area contributed by atoms with Crippen LogP contribution >= 0.6 is 23.1 Å². The number of piperazine rings is 1. The van der Waals surface area contributed by atoms with Gasteiger partial charge in [0.2, 0.25) is 5.91 Å². The summed E-state index contributed by atoms with van der Waals surface area (Å²) in [7, 11) is 0. The van der Waals surface area contributed by atoms with Crippen molar-refractivity contribution >= 4 is 44.4 Å². The highest BCUT2D eigenvalue weighted by molar-refractivity contribution is 7.99. The van der Waals surface area contributed by atoms with Gasteiger partial charge in [0, 0.05) is 56.3 Å². The Morgan fingerprint density at radius 2 is 1.94 bits per heavy atom. The number of nitrogens with one attached hydrogen (secondary N) is 1. The molecule has 0 radical (unpaired) electrons. The average molecular weight is 485 g/mol. The molecule has 1 aliphatic heterocycles. The highest BCUT2D eigenvalue weighted by Crippen LogP contribution is 2.32. The summed E-state index contributed by atoms with van der Waals surface area (Å²) in [5.74, 6) is 1.84. The molecule has 0 unspecified atom stereocenters. The van der Waals surface area contributed by atoms with E-state index in [1.54, 1.807) is 23.1 Å². The Labute approximate surface area is 204 Å². The fourth-order valence-corrected chi connectivity index (χ4v) is 5.68. The summed E-state index contributed by atoms with van der Waals surface area (Å²) in [6.45, 7) is 10.2. The second-order valence-electron chi connectivity index (χ2n) is 8.15. The van der Waals surface area contributed by atoms with Crippen LogP contribution in [-0.4, -0.2) is 67.4 Å². The predicted octanol–water partition coefficient (Wildman–Crippen LogP) is 4.42. The number of fused-ring (bicyclic) bond motifs is 1. The average Bonchev–Trinajstić information content (AvgIpc) is 3.24. The molecule has 33 heavy (non-hydrogen) atoms. The van der Waals surface area contributed by atoms with Crippen LogP contribution in [-0.2, 0) is 4.79 Å². The Balaban J connectivity index is 1.14. The zero-order valence-electron chi connectivity index (χ0n) is 19.4. The van der Waals surface area contributed by atoms with Gasteiger partial charge < -0.3 is 15.0 Å². The van der Waals surface area contributed by atoms with Crippen LogP contribution in [0, 0.1) is 6.92 Å². The Morgan fingerprint density at radius 1 is 1.15 bits per heavy atom. The molecule has 8 heteroatoms. The van der Waals surface area contributed by atoms with E-state index in [-0.39, 0.29) is 5.91 Å². The number of nitrogens with zero attached hydrogens (tertiary/aromatic N) is 3. The van der Waals surface area contributed by atoms with Crippen molar-refractivity contribution in [3.8, 4) is 5.75 Å².